The number of nitrogens with zero attached hydrogens (tertiary/aromatic N) is 2. The van der Waals surface area contributed by atoms with Gasteiger partial charge in [-0.1, -0.05) is 11.6 Å². The average Bonchev–Trinajstić information content (AvgIpc) is 2.89. The molecule has 0 unspecified atom stereocenters. The van der Waals surface area contributed by atoms with E-state index in [1.807, 2.05) is 35.7 Å². The third kappa shape index (κ3) is 2.47. The molecule has 0 aliphatic heterocycles. The molecule has 1 aromatic carbocycles. The van der Waals surface area contributed by atoms with Gasteiger partial charge in [-0.3, -0.25) is 0 Å². The molecule has 2 N–H and O–H groups in total. The van der Waals surface area contributed by atoms with Crippen molar-refractivity contribution >= 4 is 50.6 Å². The number of anilines is 3. The average molecular weight is 291 g/mol. The van der Waals surface area contributed by atoms with Gasteiger partial charge in [-0.15, -0.1) is 11.3 Å². The van der Waals surface area contributed by atoms with Crippen molar-refractivity contribution in [2.24, 2.45) is 0 Å². The van der Waals surface area contributed by atoms with Crippen LogP contribution in [0.15, 0.2) is 35.7 Å². The summed E-state index contributed by atoms with van der Waals surface area (Å²) >= 11 is 7.47. The number of aromatic nitrogens is 2. The highest BCUT2D eigenvalue weighted by atomic mass is 35.5. The zero-order valence-corrected chi connectivity index (χ0v) is 11.7. The van der Waals surface area contributed by atoms with E-state index in [-0.39, 0.29) is 0 Å². The van der Waals surface area contributed by atoms with Gasteiger partial charge < -0.3 is 10.6 Å². The normalized spacial score (nSPS) is 10.6. The van der Waals surface area contributed by atoms with E-state index in [0.29, 0.717) is 11.0 Å². The SMILES string of the molecule is CNc1nc(Nc2ccc(Cl)cc2)c2ccsc2n1. The van der Waals surface area contributed by atoms with Crippen LogP contribution < -0.4 is 10.6 Å². The van der Waals surface area contributed by atoms with Gasteiger partial charge in [-0.25, -0.2) is 4.98 Å². The second-order valence-corrected chi connectivity index (χ2v) is 5.25. The molecule has 3 aromatic rings. The second-order valence-electron chi connectivity index (χ2n) is 3.92. The molecule has 0 aliphatic rings. The van der Waals surface area contributed by atoms with E-state index in [2.05, 4.69) is 20.6 Å². The molecule has 4 nitrogen and oxygen atoms in total. The lowest BCUT2D eigenvalue weighted by Crippen LogP contribution is -2.00. The van der Waals surface area contributed by atoms with Crippen LogP contribution in [0, 0.1) is 0 Å². The number of nitrogens with one attached hydrogen (secondary N) is 2. The highest BCUT2D eigenvalue weighted by Crippen LogP contribution is 2.28. The predicted molar refractivity (Wildman–Crippen MR) is 81.7 cm³/mol. The zero-order valence-electron chi connectivity index (χ0n) is 10.1. The Morgan fingerprint density at radius 1 is 1.11 bits per heavy atom. The smallest absolute Gasteiger partial charge is 0.225 e. The monoisotopic (exact) mass is 290 g/mol. The second kappa shape index (κ2) is 5.03. The lowest BCUT2D eigenvalue weighted by Gasteiger charge is -2.08. The molecule has 2 heterocycles. The van der Waals surface area contributed by atoms with Crippen LogP contribution in [0.4, 0.5) is 17.5 Å². The summed E-state index contributed by atoms with van der Waals surface area (Å²) in [5.74, 6) is 1.39. The molecule has 0 aliphatic carbocycles. The maximum atomic E-state index is 5.88. The van der Waals surface area contributed by atoms with Crippen molar-refractivity contribution in [2.75, 3.05) is 17.7 Å². The van der Waals surface area contributed by atoms with Crippen LogP contribution in [0.3, 0.4) is 0 Å². The summed E-state index contributed by atoms with van der Waals surface area (Å²) in [4.78, 5) is 9.81. The summed E-state index contributed by atoms with van der Waals surface area (Å²) in [7, 11) is 1.81. The molecule has 3 rings (SSSR count). The van der Waals surface area contributed by atoms with Gasteiger partial charge in [0.1, 0.15) is 10.6 Å². The van der Waals surface area contributed by atoms with Gasteiger partial charge in [0.15, 0.2) is 0 Å². The van der Waals surface area contributed by atoms with Crippen LogP contribution in [0.2, 0.25) is 5.02 Å². The summed E-state index contributed by atoms with van der Waals surface area (Å²) < 4.78 is 0. The number of rotatable bonds is 3. The van der Waals surface area contributed by atoms with E-state index < -0.39 is 0 Å². The lowest BCUT2D eigenvalue weighted by atomic mass is 10.3. The van der Waals surface area contributed by atoms with Gasteiger partial charge >= 0.3 is 0 Å². The Hall–Kier alpha value is -1.85. The van der Waals surface area contributed by atoms with Crippen molar-refractivity contribution in [1.82, 2.24) is 9.97 Å². The summed E-state index contributed by atoms with van der Waals surface area (Å²) in [5.41, 5.74) is 0.942. The fourth-order valence-electron chi connectivity index (χ4n) is 1.73. The van der Waals surface area contributed by atoms with Crippen LogP contribution in [0.5, 0.6) is 0 Å². The molecule has 0 bridgehead atoms. The topological polar surface area (TPSA) is 49.8 Å². The van der Waals surface area contributed by atoms with Crippen molar-refractivity contribution in [3.63, 3.8) is 0 Å². The molecule has 2 aromatic heterocycles. The first kappa shape index (κ1) is 12.2. The minimum atomic E-state index is 0.603. The van der Waals surface area contributed by atoms with Crippen molar-refractivity contribution < 1.29 is 0 Å². The first-order chi connectivity index (χ1) is 9.26. The fourth-order valence-corrected chi connectivity index (χ4v) is 2.62. The van der Waals surface area contributed by atoms with Gasteiger partial charge in [0.05, 0.1) is 5.39 Å². The van der Waals surface area contributed by atoms with Crippen LogP contribution in [-0.4, -0.2) is 17.0 Å². The van der Waals surface area contributed by atoms with E-state index in [0.717, 1.165) is 21.7 Å². The predicted octanol–water partition coefficient (Wildman–Crippen LogP) is 4.13. The summed E-state index contributed by atoms with van der Waals surface area (Å²) in [6.07, 6.45) is 0. The first-order valence-corrected chi connectivity index (χ1v) is 6.97. The zero-order chi connectivity index (χ0) is 13.2. The molecule has 96 valence electrons. The Bertz CT molecular complexity index is 708. The van der Waals surface area contributed by atoms with Crippen LogP contribution in [-0.2, 0) is 0 Å². The van der Waals surface area contributed by atoms with Gasteiger partial charge in [0, 0.05) is 17.8 Å². The van der Waals surface area contributed by atoms with E-state index >= 15 is 0 Å². The Labute approximate surface area is 119 Å². The molecule has 0 radical (unpaired) electrons. The molecule has 19 heavy (non-hydrogen) atoms. The Kier molecular flexibility index (Phi) is 3.23. The maximum Gasteiger partial charge on any atom is 0.225 e. The van der Waals surface area contributed by atoms with Gasteiger partial charge in [-0.05, 0) is 35.7 Å². The molecule has 0 spiro atoms. The molecular weight excluding hydrogens is 280 g/mol. The molecule has 0 saturated heterocycles. The Morgan fingerprint density at radius 2 is 1.89 bits per heavy atom. The van der Waals surface area contributed by atoms with E-state index in [9.17, 15) is 0 Å². The molecule has 6 heteroatoms. The standard InChI is InChI=1S/C13H11ClN4S/c1-15-13-17-11(10-6-7-19-12(10)18-13)16-9-4-2-8(14)3-5-9/h2-7H,1H3,(H2,15,16,17,18). The number of thiophene rings is 1. The lowest BCUT2D eigenvalue weighted by molar-refractivity contribution is 1.20. The molecule has 0 atom stereocenters. The van der Waals surface area contributed by atoms with Gasteiger partial charge in [0.2, 0.25) is 5.95 Å². The van der Waals surface area contributed by atoms with Crippen molar-refractivity contribution in [2.45, 2.75) is 0 Å². The van der Waals surface area contributed by atoms with E-state index in [4.69, 9.17) is 11.6 Å². The minimum Gasteiger partial charge on any atom is -0.357 e. The Balaban J connectivity index is 2.03. The quantitative estimate of drug-likeness (QED) is 0.761. The van der Waals surface area contributed by atoms with E-state index in [1.165, 1.54) is 0 Å². The third-order valence-electron chi connectivity index (χ3n) is 2.66. The highest BCUT2D eigenvalue weighted by Gasteiger charge is 2.08. The number of hydrogen-bond donors (Lipinski definition) is 2. The fraction of sp³-hybridized carbons (Fsp3) is 0.0769. The third-order valence-corrected chi connectivity index (χ3v) is 3.71. The minimum absolute atomic E-state index is 0.603. The number of halogens is 1. The molecule has 0 fully saturated rings. The number of benzene rings is 1. The van der Waals surface area contributed by atoms with Crippen LogP contribution in [0.25, 0.3) is 10.2 Å². The van der Waals surface area contributed by atoms with Crippen LogP contribution in [0.1, 0.15) is 0 Å². The summed E-state index contributed by atoms with van der Waals surface area (Å²) in [6.45, 7) is 0. The largest absolute Gasteiger partial charge is 0.357 e. The number of fused-ring (bicyclic) bond motifs is 1. The van der Waals surface area contributed by atoms with Gasteiger partial charge in [0.25, 0.3) is 0 Å². The van der Waals surface area contributed by atoms with Crippen molar-refractivity contribution in [3.8, 4) is 0 Å². The maximum absolute atomic E-state index is 5.88. The van der Waals surface area contributed by atoms with Crippen LogP contribution >= 0.6 is 22.9 Å². The molecule has 0 saturated carbocycles. The molecular formula is C13H11ClN4S. The number of hydrogen-bond acceptors (Lipinski definition) is 5. The van der Waals surface area contributed by atoms with Gasteiger partial charge in [-0.2, -0.15) is 4.98 Å². The van der Waals surface area contributed by atoms with Crippen molar-refractivity contribution in [3.05, 3.63) is 40.7 Å². The molecule has 0 amide bonds. The van der Waals surface area contributed by atoms with Crippen molar-refractivity contribution in [1.29, 1.82) is 0 Å². The highest BCUT2D eigenvalue weighted by molar-refractivity contribution is 7.16. The Morgan fingerprint density at radius 3 is 2.63 bits per heavy atom. The summed E-state index contributed by atoms with van der Waals surface area (Å²) in [5, 5.41) is 9.99. The summed E-state index contributed by atoms with van der Waals surface area (Å²) in [6, 6.07) is 9.53. The first-order valence-electron chi connectivity index (χ1n) is 5.72. The van der Waals surface area contributed by atoms with E-state index in [1.54, 1.807) is 18.4 Å².